The first kappa shape index (κ1) is 12.6. The molecule has 3 nitrogen and oxygen atoms in total. The Morgan fingerprint density at radius 3 is 2.69 bits per heavy atom. The van der Waals surface area contributed by atoms with Gasteiger partial charge in [-0.25, -0.2) is 0 Å². The molecular formula is C13H19NO2. The van der Waals surface area contributed by atoms with Crippen LogP contribution in [-0.4, -0.2) is 20.1 Å². The maximum atomic E-state index is 7.39. The second kappa shape index (κ2) is 6.16. The molecule has 16 heavy (non-hydrogen) atoms. The third-order valence-corrected chi connectivity index (χ3v) is 2.53. The molecule has 0 radical (unpaired) electrons. The minimum absolute atomic E-state index is 0.339. The zero-order valence-corrected chi connectivity index (χ0v) is 10.2. The standard InChI is InChI=1S/C13H19NO2/c1-10-7-8-12(15-2)11(9-10)5-4-6-13(14)16-3/h7-9,14H,4-6H2,1-3H3. The van der Waals surface area contributed by atoms with Gasteiger partial charge in [0.2, 0.25) is 0 Å². The van der Waals surface area contributed by atoms with Gasteiger partial charge in [-0.3, -0.25) is 5.41 Å². The second-order valence-corrected chi connectivity index (χ2v) is 3.80. The fourth-order valence-corrected chi connectivity index (χ4v) is 1.64. The van der Waals surface area contributed by atoms with Crippen molar-refractivity contribution >= 4 is 5.90 Å². The van der Waals surface area contributed by atoms with Gasteiger partial charge < -0.3 is 9.47 Å². The first-order valence-corrected chi connectivity index (χ1v) is 5.42. The van der Waals surface area contributed by atoms with E-state index >= 15 is 0 Å². The smallest absolute Gasteiger partial charge is 0.180 e. The van der Waals surface area contributed by atoms with Crippen molar-refractivity contribution < 1.29 is 9.47 Å². The average Bonchev–Trinajstić information content (AvgIpc) is 2.29. The van der Waals surface area contributed by atoms with Gasteiger partial charge >= 0.3 is 0 Å². The van der Waals surface area contributed by atoms with Gasteiger partial charge in [0.05, 0.1) is 14.2 Å². The predicted molar refractivity (Wildman–Crippen MR) is 65.4 cm³/mol. The molecule has 1 aromatic rings. The molecule has 0 spiro atoms. The van der Waals surface area contributed by atoms with E-state index in [1.165, 1.54) is 18.2 Å². The summed E-state index contributed by atoms with van der Waals surface area (Å²) >= 11 is 0. The number of aryl methyl sites for hydroxylation is 2. The largest absolute Gasteiger partial charge is 0.496 e. The molecular weight excluding hydrogens is 202 g/mol. The molecule has 0 atom stereocenters. The lowest BCUT2D eigenvalue weighted by atomic mass is 10.0. The highest BCUT2D eigenvalue weighted by Crippen LogP contribution is 2.21. The van der Waals surface area contributed by atoms with Crippen LogP contribution in [0, 0.1) is 12.3 Å². The molecule has 0 saturated carbocycles. The van der Waals surface area contributed by atoms with E-state index in [1.54, 1.807) is 7.11 Å². The molecule has 0 heterocycles. The molecule has 0 amide bonds. The molecule has 3 heteroatoms. The lowest BCUT2D eigenvalue weighted by molar-refractivity contribution is 0.383. The molecule has 0 aliphatic rings. The number of benzene rings is 1. The molecule has 0 fully saturated rings. The van der Waals surface area contributed by atoms with E-state index in [0.29, 0.717) is 12.3 Å². The van der Waals surface area contributed by atoms with Crippen LogP contribution in [0.2, 0.25) is 0 Å². The fourth-order valence-electron chi connectivity index (χ4n) is 1.64. The topological polar surface area (TPSA) is 42.3 Å². The van der Waals surface area contributed by atoms with Crippen molar-refractivity contribution in [3.8, 4) is 5.75 Å². The summed E-state index contributed by atoms with van der Waals surface area (Å²) in [6.45, 7) is 2.07. The Balaban J connectivity index is 2.58. The van der Waals surface area contributed by atoms with Crippen molar-refractivity contribution in [2.75, 3.05) is 14.2 Å². The number of hydrogen-bond donors (Lipinski definition) is 1. The van der Waals surface area contributed by atoms with E-state index in [2.05, 4.69) is 13.0 Å². The molecule has 88 valence electrons. The zero-order chi connectivity index (χ0) is 12.0. The van der Waals surface area contributed by atoms with E-state index in [0.717, 1.165) is 18.6 Å². The highest BCUT2D eigenvalue weighted by molar-refractivity contribution is 5.72. The average molecular weight is 221 g/mol. The molecule has 1 rings (SSSR count). The number of hydrogen-bond acceptors (Lipinski definition) is 3. The maximum absolute atomic E-state index is 7.39. The first-order valence-electron chi connectivity index (χ1n) is 5.42. The van der Waals surface area contributed by atoms with Gasteiger partial charge in [0.25, 0.3) is 0 Å². The summed E-state index contributed by atoms with van der Waals surface area (Å²) in [5.41, 5.74) is 2.43. The van der Waals surface area contributed by atoms with Crippen LogP contribution < -0.4 is 4.74 Å². The van der Waals surface area contributed by atoms with Gasteiger partial charge in [-0.2, -0.15) is 0 Å². The van der Waals surface area contributed by atoms with Gasteiger partial charge in [0, 0.05) is 6.42 Å². The summed E-state index contributed by atoms with van der Waals surface area (Å²) in [4.78, 5) is 0. The van der Waals surface area contributed by atoms with Crippen molar-refractivity contribution in [3.05, 3.63) is 29.3 Å². The van der Waals surface area contributed by atoms with Crippen LogP contribution in [0.1, 0.15) is 24.0 Å². The number of rotatable bonds is 5. The van der Waals surface area contributed by atoms with Gasteiger partial charge in [0.15, 0.2) is 5.90 Å². The van der Waals surface area contributed by atoms with Crippen LogP contribution in [0.25, 0.3) is 0 Å². The third-order valence-electron chi connectivity index (χ3n) is 2.53. The van der Waals surface area contributed by atoms with E-state index in [4.69, 9.17) is 14.9 Å². The summed E-state index contributed by atoms with van der Waals surface area (Å²) in [7, 11) is 3.22. The maximum Gasteiger partial charge on any atom is 0.180 e. The Morgan fingerprint density at radius 1 is 1.31 bits per heavy atom. The zero-order valence-electron chi connectivity index (χ0n) is 10.2. The molecule has 0 saturated heterocycles. The van der Waals surface area contributed by atoms with Crippen LogP contribution in [0.15, 0.2) is 18.2 Å². The predicted octanol–water partition coefficient (Wildman–Crippen LogP) is 2.95. The first-order chi connectivity index (χ1) is 7.67. The minimum Gasteiger partial charge on any atom is -0.496 e. The Kier molecular flexibility index (Phi) is 4.83. The van der Waals surface area contributed by atoms with E-state index in [-0.39, 0.29) is 0 Å². The monoisotopic (exact) mass is 221 g/mol. The molecule has 1 N–H and O–H groups in total. The Bertz CT molecular complexity index is 361. The summed E-state index contributed by atoms with van der Waals surface area (Å²) < 4.78 is 10.1. The number of nitrogens with one attached hydrogen (secondary N) is 1. The second-order valence-electron chi connectivity index (χ2n) is 3.80. The Hall–Kier alpha value is -1.51. The third kappa shape index (κ3) is 3.57. The lowest BCUT2D eigenvalue weighted by Gasteiger charge is -2.09. The fraction of sp³-hybridized carbons (Fsp3) is 0.462. The van der Waals surface area contributed by atoms with Crippen LogP contribution in [-0.2, 0) is 11.2 Å². The Morgan fingerprint density at radius 2 is 2.06 bits per heavy atom. The minimum atomic E-state index is 0.339. The van der Waals surface area contributed by atoms with Gasteiger partial charge in [-0.15, -0.1) is 0 Å². The van der Waals surface area contributed by atoms with Gasteiger partial charge in [0.1, 0.15) is 5.75 Å². The summed E-state index contributed by atoms with van der Waals surface area (Å²) in [5.74, 6) is 1.26. The quantitative estimate of drug-likeness (QED) is 0.613. The normalized spacial score (nSPS) is 9.94. The number of ether oxygens (including phenoxy) is 2. The lowest BCUT2D eigenvalue weighted by Crippen LogP contribution is -2.00. The highest BCUT2D eigenvalue weighted by atomic mass is 16.5. The van der Waals surface area contributed by atoms with Gasteiger partial charge in [-0.1, -0.05) is 17.7 Å². The molecule has 0 unspecified atom stereocenters. The highest BCUT2D eigenvalue weighted by Gasteiger charge is 2.04. The van der Waals surface area contributed by atoms with E-state index < -0.39 is 0 Å². The summed E-state index contributed by atoms with van der Waals surface area (Å²) in [6.07, 6.45) is 2.50. The Labute approximate surface area is 96.9 Å². The molecule has 0 aromatic heterocycles. The SMILES string of the molecule is COC(=N)CCCc1cc(C)ccc1OC. The molecule has 1 aromatic carbocycles. The van der Waals surface area contributed by atoms with Crippen LogP contribution >= 0.6 is 0 Å². The van der Waals surface area contributed by atoms with Crippen molar-refractivity contribution in [1.29, 1.82) is 5.41 Å². The van der Waals surface area contributed by atoms with Crippen LogP contribution in [0.3, 0.4) is 0 Å². The van der Waals surface area contributed by atoms with Crippen molar-refractivity contribution in [2.24, 2.45) is 0 Å². The van der Waals surface area contributed by atoms with E-state index in [1.807, 2.05) is 12.1 Å². The summed E-state index contributed by atoms with van der Waals surface area (Å²) in [6, 6.07) is 6.17. The summed E-state index contributed by atoms with van der Waals surface area (Å²) in [5, 5.41) is 7.39. The molecule has 0 bridgehead atoms. The van der Waals surface area contributed by atoms with Crippen molar-refractivity contribution in [2.45, 2.75) is 26.2 Å². The molecule has 0 aliphatic carbocycles. The van der Waals surface area contributed by atoms with Crippen LogP contribution in [0.4, 0.5) is 0 Å². The van der Waals surface area contributed by atoms with Crippen LogP contribution in [0.5, 0.6) is 5.75 Å². The van der Waals surface area contributed by atoms with Crippen molar-refractivity contribution in [3.63, 3.8) is 0 Å². The molecule has 0 aliphatic heterocycles. The van der Waals surface area contributed by atoms with E-state index in [9.17, 15) is 0 Å². The number of methoxy groups -OCH3 is 2. The van der Waals surface area contributed by atoms with Crippen molar-refractivity contribution in [1.82, 2.24) is 0 Å². The van der Waals surface area contributed by atoms with Gasteiger partial charge in [-0.05, 0) is 31.4 Å².